The molecule has 126 valence electrons. The van der Waals surface area contributed by atoms with Crippen LogP contribution >= 0.6 is 0 Å². The Labute approximate surface area is 142 Å². The predicted molar refractivity (Wildman–Crippen MR) is 91.8 cm³/mol. The van der Waals surface area contributed by atoms with E-state index in [4.69, 9.17) is 0 Å². The Bertz CT molecular complexity index is 1000. The second kappa shape index (κ2) is 6.93. The first-order chi connectivity index (χ1) is 11.9. The maximum atomic E-state index is 14.0. The fourth-order valence-electron chi connectivity index (χ4n) is 2.57. The topological polar surface area (TPSA) is 0 Å². The molecule has 1 aliphatic rings. The molecule has 25 heavy (non-hydrogen) atoms. The van der Waals surface area contributed by atoms with E-state index < -0.39 is 17.5 Å². The van der Waals surface area contributed by atoms with Crippen molar-refractivity contribution in [3.05, 3.63) is 99.5 Å². The quantitative estimate of drug-likeness (QED) is 0.560. The molecule has 0 aliphatic heterocycles. The van der Waals surface area contributed by atoms with Crippen molar-refractivity contribution < 1.29 is 17.6 Å². The third kappa shape index (κ3) is 3.79. The standard InChI is InChI=1S/C21H14F4/c1-13-2-9-17(18(22)10-13)16-7-5-14(6-8-16)3-4-15-11-19(23)21(25)20(24)12-15/h2-7,9-12H,1,8H2/b4-3+,17-16+. The minimum atomic E-state index is -1.48. The molecule has 0 aromatic heterocycles. The van der Waals surface area contributed by atoms with Crippen LogP contribution in [0.1, 0.15) is 12.0 Å². The van der Waals surface area contributed by atoms with E-state index in [1.807, 2.05) is 6.08 Å². The highest BCUT2D eigenvalue weighted by atomic mass is 19.2. The third-order valence-corrected chi connectivity index (χ3v) is 3.89. The predicted octanol–water partition coefficient (Wildman–Crippen LogP) is 4.40. The number of benzene rings is 2. The summed E-state index contributed by atoms with van der Waals surface area (Å²) >= 11 is 0. The van der Waals surface area contributed by atoms with E-state index in [1.54, 1.807) is 30.4 Å². The second-order valence-corrected chi connectivity index (χ2v) is 5.71. The molecule has 0 unspecified atom stereocenters. The summed E-state index contributed by atoms with van der Waals surface area (Å²) in [6, 6.07) is 6.67. The molecule has 0 saturated heterocycles. The van der Waals surface area contributed by atoms with Crippen LogP contribution in [0.4, 0.5) is 17.6 Å². The van der Waals surface area contributed by atoms with Gasteiger partial charge in [0, 0.05) is 5.22 Å². The maximum absolute atomic E-state index is 14.0. The zero-order valence-electron chi connectivity index (χ0n) is 13.2. The molecule has 0 heterocycles. The van der Waals surface area contributed by atoms with Crippen LogP contribution in [0.15, 0.2) is 60.2 Å². The van der Waals surface area contributed by atoms with Gasteiger partial charge in [-0.25, -0.2) is 17.6 Å². The van der Waals surface area contributed by atoms with Crippen LogP contribution < -0.4 is 10.4 Å². The molecule has 0 nitrogen and oxygen atoms in total. The Hall–Kier alpha value is -2.88. The molecule has 2 aromatic rings. The van der Waals surface area contributed by atoms with E-state index in [0.717, 1.165) is 23.3 Å². The SMILES string of the molecule is C=c1cc/c(=C2/C=CC(/C=C/c3cc(F)c(F)c(F)c3)=CC2)c(F)c1. The molecule has 0 saturated carbocycles. The number of hydrogen-bond acceptors (Lipinski definition) is 0. The van der Waals surface area contributed by atoms with Crippen molar-refractivity contribution in [3.63, 3.8) is 0 Å². The summed E-state index contributed by atoms with van der Waals surface area (Å²) in [5.41, 5.74) is 1.86. The minimum Gasteiger partial charge on any atom is -0.206 e. The van der Waals surface area contributed by atoms with Crippen molar-refractivity contribution in [2.75, 3.05) is 0 Å². The molecule has 0 fully saturated rings. The van der Waals surface area contributed by atoms with Crippen LogP contribution in [0.2, 0.25) is 0 Å². The molecular weight excluding hydrogens is 328 g/mol. The molecule has 1 aliphatic carbocycles. The van der Waals surface area contributed by atoms with Gasteiger partial charge in [-0.05, 0) is 46.5 Å². The number of allylic oxidation sites excluding steroid dienone is 5. The van der Waals surface area contributed by atoms with Crippen molar-refractivity contribution in [1.29, 1.82) is 0 Å². The third-order valence-electron chi connectivity index (χ3n) is 3.89. The molecule has 0 N–H and O–H groups in total. The van der Waals surface area contributed by atoms with Gasteiger partial charge in [0.2, 0.25) is 0 Å². The van der Waals surface area contributed by atoms with E-state index in [1.165, 1.54) is 12.1 Å². The van der Waals surface area contributed by atoms with Gasteiger partial charge in [-0.3, -0.25) is 0 Å². The highest BCUT2D eigenvalue weighted by Gasteiger charge is 2.09. The molecule has 0 atom stereocenters. The van der Waals surface area contributed by atoms with Crippen LogP contribution in [-0.2, 0) is 0 Å². The summed E-state index contributed by atoms with van der Waals surface area (Å²) < 4.78 is 53.3. The van der Waals surface area contributed by atoms with Gasteiger partial charge in [-0.1, -0.05) is 49.1 Å². The van der Waals surface area contributed by atoms with Crippen molar-refractivity contribution in [2.24, 2.45) is 0 Å². The lowest BCUT2D eigenvalue weighted by molar-refractivity contribution is 0.447. The fraction of sp³-hybridized carbons (Fsp3) is 0.0476. The van der Waals surface area contributed by atoms with E-state index in [-0.39, 0.29) is 11.4 Å². The van der Waals surface area contributed by atoms with E-state index in [2.05, 4.69) is 6.58 Å². The van der Waals surface area contributed by atoms with Crippen LogP contribution in [-0.4, -0.2) is 0 Å². The van der Waals surface area contributed by atoms with Gasteiger partial charge >= 0.3 is 0 Å². The van der Waals surface area contributed by atoms with E-state index >= 15 is 0 Å². The Balaban J connectivity index is 1.83. The maximum Gasteiger partial charge on any atom is 0.194 e. The van der Waals surface area contributed by atoms with Gasteiger partial charge in [0.15, 0.2) is 17.5 Å². The van der Waals surface area contributed by atoms with E-state index in [9.17, 15) is 17.6 Å². The second-order valence-electron chi connectivity index (χ2n) is 5.71. The Morgan fingerprint density at radius 1 is 0.840 bits per heavy atom. The average Bonchev–Trinajstić information content (AvgIpc) is 2.58. The van der Waals surface area contributed by atoms with Gasteiger partial charge in [-0.2, -0.15) is 0 Å². The van der Waals surface area contributed by atoms with Crippen LogP contribution in [0.3, 0.4) is 0 Å². The zero-order valence-corrected chi connectivity index (χ0v) is 13.2. The highest BCUT2D eigenvalue weighted by molar-refractivity contribution is 5.65. The fourth-order valence-corrected chi connectivity index (χ4v) is 2.57. The largest absolute Gasteiger partial charge is 0.206 e. The van der Waals surface area contributed by atoms with Gasteiger partial charge < -0.3 is 0 Å². The molecule has 0 radical (unpaired) electrons. The Morgan fingerprint density at radius 3 is 2.16 bits per heavy atom. The van der Waals surface area contributed by atoms with Crippen molar-refractivity contribution in [2.45, 2.75) is 6.42 Å². The van der Waals surface area contributed by atoms with E-state index in [0.29, 0.717) is 16.9 Å². The number of rotatable bonds is 2. The normalized spacial score (nSPS) is 16.4. The number of halogens is 4. The van der Waals surface area contributed by atoms with Crippen molar-refractivity contribution >= 4 is 18.2 Å². The first-order valence-corrected chi connectivity index (χ1v) is 7.62. The summed E-state index contributed by atoms with van der Waals surface area (Å²) in [7, 11) is 0. The molecule has 0 spiro atoms. The first kappa shape index (κ1) is 17.0. The van der Waals surface area contributed by atoms with Crippen LogP contribution in [0.5, 0.6) is 0 Å². The average molecular weight is 342 g/mol. The van der Waals surface area contributed by atoms with Crippen molar-refractivity contribution in [1.82, 2.24) is 0 Å². The lowest BCUT2D eigenvalue weighted by Gasteiger charge is -2.07. The van der Waals surface area contributed by atoms with Crippen LogP contribution in [0.25, 0.3) is 18.2 Å². The van der Waals surface area contributed by atoms with Crippen LogP contribution in [0, 0.1) is 23.3 Å². The van der Waals surface area contributed by atoms with Gasteiger partial charge in [0.25, 0.3) is 0 Å². The lowest BCUT2D eigenvalue weighted by Crippen LogP contribution is -2.15. The summed E-state index contributed by atoms with van der Waals surface area (Å²) in [5, 5.41) is 1.13. The molecule has 0 amide bonds. The molecule has 4 heteroatoms. The molecule has 2 aromatic carbocycles. The number of hydrogen-bond donors (Lipinski definition) is 0. The smallest absolute Gasteiger partial charge is 0.194 e. The minimum absolute atomic E-state index is 0.220. The zero-order chi connectivity index (χ0) is 18.0. The highest BCUT2D eigenvalue weighted by Crippen LogP contribution is 2.19. The van der Waals surface area contributed by atoms with Gasteiger partial charge in [-0.15, -0.1) is 0 Å². The molecule has 3 rings (SSSR count). The van der Waals surface area contributed by atoms with Gasteiger partial charge in [0.1, 0.15) is 5.82 Å². The Kier molecular flexibility index (Phi) is 4.70. The lowest BCUT2D eigenvalue weighted by atomic mass is 9.99. The summed E-state index contributed by atoms with van der Waals surface area (Å²) in [5.74, 6) is -4.26. The first-order valence-electron chi connectivity index (χ1n) is 7.62. The summed E-state index contributed by atoms with van der Waals surface area (Å²) in [6.45, 7) is 3.69. The summed E-state index contributed by atoms with van der Waals surface area (Å²) in [4.78, 5) is 0. The Morgan fingerprint density at radius 2 is 1.56 bits per heavy atom. The van der Waals surface area contributed by atoms with Gasteiger partial charge in [0.05, 0.1) is 0 Å². The molecule has 0 bridgehead atoms. The summed E-state index contributed by atoms with van der Waals surface area (Å²) in [6.07, 6.45) is 9.13. The molecular formula is C21H14F4. The monoisotopic (exact) mass is 342 g/mol. The van der Waals surface area contributed by atoms with Crippen molar-refractivity contribution in [3.8, 4) is 0 Å².